The number of anilines is 1. The molecule has 7 nitrogen and oxygen atoms in total. The molecule has 30 heavy (non-hydrogen) atoms. The number of ether oxygens (including phenoxy) is 1. The van der Waals surface area contributed by atoms with Gasteiger partial charge in [0.25, 0.3) is 0 Å². The quantitative estimate of drug-likeness (QED) is 0.611. The van der Waals surface area contributed by atoms with Gasteiger partial charge in [0.05, 0.1) is 19.2 Å². The number of nitrogens with one attached hydrogen (secondary N) is 1. The Bertz CT molecular complexity index is 1060. The molecule has 2 N–H and O–H groups in total. The number of alkyl halides is 3. The number of hydrogen-bond acceptors (Lipinski definition) is 6. The third-order valence-electron chi connectivity index (χ3n) is 4.46. The molecule has 0 aliphatic rings. The topological polar surface area (TPSA) is 89.3 Å². The van der Waals surface area contributed by atoms with Gasteiger partial charge in [-0.2, -0.15) is 13.2 Å². The molecule has 2 aromatic heterocycles. The molecule has 1 unspecified atom stereocenters. The van der Waals surface area contributed by atoms with Crippen LogP contribution in [0.4, 0.5) is 18.3 Å². The number of nitrogens with zero attached hydrogens (tertiary/aromatic N) is 3. The first kappa shape index (κ1) is 21.8. The van der Waals surface area contributed by atoms with E-state index < -0.39 is 29.9 Å². The van der Waals surface area contributed by atoms with E-state index in [0.29, 0.717) is 17.0 Å². The number of aromatic nitrogens is 3. The fraction of sp³-hybridized carbons (Fsp3) is 0.316. The first-order valence-electron chi connectivity index (χ1n) is 8.72. The van der Waals surface area contributed by atoms with E-state index in [4.69, 9.17) is 4.74 Å². The molecule has 0 saturated heterocycles. The second-order valence-corrected chi connectivity index (χ2v) is 7.54. The van der Waals surface area contributed by atoms with Gasteiger partial charge in [-0.25, -0.2) is 9.97 Å². The third-order valence-corrected chi connectivity index (χ3v) is 5.22. The number of imidazole rings is 1. The molecule has 0 radical (unpaired) electrons. The fourth-order valence-corrected chi connectivity index (χ4v) is 3.67. The van der Waals surface area contributed by atoms with Crippen molar-refractivity contribution in [2.45, 2.75) is 25.1 Å². The number of aliphatic hydroxyl groups is 1. The summed E-state index contributed by atoms with van der Waals surface area (Å²) < 4.78 is 47.1. The summed E-state index contributed by atoms with van der Waals surface area (Å²) in [5.74, 6) is -1.14. The van der Waals surface area contributed by atoms with Gasteiger partial charge in [-0.3, -0.25) is 4.79 Å². The van der Waals surface area contributed by atoms with Crippen LogP contribution in [-0.4, -0.2) is 38.8 Å². The van der Waals surface area contributed by atoms with Crippen LogP contribution in [-0.2, 0) is 17.4 Å². The summed E-state index contributed by atoms with van der Waals surface area (Å²) in [4.78, 5) is 20.2. The maximum absolute atomic E-state index is 13.6. The van der Waals surface area contributed by atoms with Gasteiger partial charge in [-0.15, -0.1) is 11.3 Å². The van der Waals surface area contributed by atoms with Crippen molar-refractivity contribution in [3.63, 3.8) is 0 Å². The number of carbonyl (C=O) groups is 1. The van der Waals surface area contributed by atoms with E-state index in [1.54, 1.807) is 11.4 Å². The smallest absolute Gasteiger partial charge is 0.425 e. The second-order valence-electron chi connectivity index (χ2n) is 6.69. The Morgan fingerprint density at radius 3 is 2.70 bits per heavy atom. The number of methoxy groups -OCH3 is 1. The van der Waals surface area contributed by atoms with Crippen molar-refractivity contribution in [3.8, 4) is 17.0 Å². The molecule has 0 aliphatic heterocycles. The number of thiazole rings is 1. The summed E-state index contributed by atoms with van der Waals surface area (Å²) >= 11 is 1.05. The van der Waals surface area contributed by atoms with Crippen LogP contribution in [0.15, 0.2) is 36.0 Å². The minimum atomic E-state index is -5.10. The number of halogens is 3. The van der Waals surface area contributed by atoms with Crippen molar-refractivity contribution in [2.24, 2.45) is 7.05 Å². The zero-order valence-corrected chi connectivity index (χ0v) is 17.1. The maximum Gasteiger partial charge on any atom is 0.425 e. The molecule has 1 amide bonds. The Morgan fingerprint density at radius 1 is 1.37 bits per heavy atom. The van der Waals surface area contributed by atoms with Gasteiger partial charge < -0.3 is 19.7 Å². The molecule has 0 spiro atoms. The minimum Gasteiger partial charge on any atom is -0.496 e. The highest BCUT2D eigenvalue weighted by Crippen LogP contribution is 2.41. The average Bonchev–Trinajstić information content (AvgIpc) is 3.29. The number of carbonyl (C=O) groups excluding carboxylic acids is 1. The summed E-state index contributed by atoms with van der Waals surface area (Å²) in [6.07, 6.45) is -3.99. The largest absolute Gasteiger partial charge is 0.496 e. The predicted molar refractivity (Wildman–Crippen MR) is 105 cm³/mol. The van der Waals surface area contributed by atoms with Crippen LogP contribution in [0, 0.1) is 6.92 Å². The predicted octanol–water partition coefficient (Wildman–Crippen LogP) is 3.64. The standard InChI is InChI=1S/C19H19F3N4O3S/c1-11-4-5-14(29-3)12(8-11)13-10-30-17(24-13)25-15(27)9-18(28,19(20,21)22)16-23-6-7-26(16)2/h4-8,10,28H,9H2,1-3H3,(H,24,25,27). The minimum absolute atomic E-state index is 0.0999. The van der Waals surface area contributed by atoms with Crippen LogP contribution in [0.3, 0.4) is 0 Å². The van der Waals surface area contributed by atoms with Crippen molar-refractivity contribution in [1.82, 2.24) is 14.5 Å². The van der Waals surface area contributed by atoms with E-state index in [2.05, 4.69) is 15.3 Å². The summed E-state index contributed by atoms with van der Waals surface area (Å²) in [7, 11) is 2.82. The van der Waals surface area contributed by atoms with Crippen LogP contribution in [0.1, 0.15) is 17.8 Å². The zero-order valence-electron chi connectivity index (χ0n) is 16.3. The number of hydrogen-bond donors (Lipinski definition) is 2. The fourth-order valence-electron chi connectivity index (χ4n) is 2.94. The molecule has 11 heteroatoms. The lowest BCUT2D eigenvalue weighted by Crippen LogP contribution is -2.46. The Morgan fingerprint density at radius 2 is 2.10 bits per heavy atom. The highest BCUT2D eigenvalue weighted by Gasteiger charge is 2.58. The molecule has 0 bridgehead atoms. The summed E-state index contributed by atoms with van der Waals surface area (Å²) in [6.45, 7) is 1.90. The number of rotatable bonds is 6. The van der Waals surface area contributed by atoms with Crippen LogP contribution in [0.5, 0.6) is 5.75 Å². The maximum atomic E-state index is 13.6. The van der Waals surface area contributed by atoms with E-state index in [9.17, 15) is 23.1 Å². The molecule has 160 valence electrons. The Kier molecular flexibility index (Phi) is 5.86. The second kappa shape index (κ2) is 8.07. The molecule has 2 heterocycles. The average molecular weight is 440 g/mol. The first-order valence-corrected chi connectivity index (χ1v) is 9.60. The van der Waals surface area contributed by atoms with E-state index in [-0.39, 0.29) is 5.13 Å². The van der Waals surface area contributed by atoms with Gasteiger partial charge in [0.15, 0.2) is 11.0 Å². The molecule has 1 aromatic carbocycles. The Balaban J connectivity index is 1.82. The van der Waals surface area contributed by atoms with Crippen molar-refractivity contribution in [3.05, 3.63) is 47.4 Å². The highest BCUT2D eigenvalue weighted by atomic mass is 32.1. The van der Waals surface area contributed by atoms with Gasteiger partial charge >= 0.3 is 6.18 Å². The van der Waals surface area contributed by atoms with E-state index >= 15 is 0 Å². The van der Waals surface area contributed by atoms with Crippen molar-refractivity contribution in [2.75, 3.05) is 12.4 Å². The lowest BCUT2D eigenvalue weighted by molar-refractivity contribution is -0.270. The normalized spacial score (nSPS) is 13.7. The van der Waals surface area contributed by atoms with Gasteiger partial charge in [-0.05, 0) is 19.1 Å². The van der Waals surface area contributed by atoms with Crippen LogP contribution in [0.2, 0.25) is 0 Å². The Hall–Kier alpha value is -2.92. The van der Waals surface area contributed by atoms with Gasteiger partial charge in [0.2, 0.25) is 11.5 Å². The van der Waals surface area contributed by atoms with E-state index in [1.807, 2.05) is 19.1 Å². The van der Waals surface area contributed by atoms with Gasteiger partial charge in [0, 0.05) is 30.4 Å². The van der Waals surface area contributed by atoms with Crippen molar-refractivity contribution < 1.29 is 27.8 Å². The number of benzene rings is 1. The van der Waals surface area contributed by atoms with Gasteiger partial charge in [0.1, 0.15) is 5.75 Å². The summed E-state index contributed by atoms with van der Waals surface area (Å²) in [5, 5.41) is 14.4. The van der Waals surface area contributed by atoms with Crippen LogP contribution < -0.4 is 10.1 Å². The Labute approximate surface area is 174 Å². The molecule has 1 atom stereocenters. The summed E-state index contributed by atoms with van der Waals surface area (Å²) in [6, 6.07) is 5.49. The number of aryl methyl sites for hydroxylation is 2. The van der Waals surface area contributed by atoms with Crippen LogP contribution >= 0.6 is 11.3 Å². The van der Waals surface area contributed by atoms with Gasteiger partial charge in [-0.1, -0.05) is 11.6 Å². The third kappa shape index (κ3) is 4.17. The van der Waals surface area contributed by atoms with Crippen LogP contribution in [0.25, 0.3) is 11.3 Å². The lowest BCUT2D eigenvalue weighted by atomic mass is 9.97. The zero-order chi connectivity index (χ0) is 22.1. The molecule has 0 aliphatic carbocycles. The van der Waals surface area contributed by atoms with Crippen molar-refractivity contribution in [1.29, 1.82) is 0 Å². The molecule has 3 aromatic rings. The lowest BCUT2D eigenvalue weighted by Gasteiger charge is -2.29. The first-order chi connectivity index (χ1) is 14.0. The monoisotopic (exact) mass is 440 g/mol. The highest BCUT2D eigenvalue weighted by molar-refractivity contribution is 7.14. The molecular weight excluding hydrogens is 421 g/mol. The molecular formula is C19H19F3N4O3S. The SMILES string of the molecule is COc1ccc(C)cc1-c1csc(NC(=O)CC(O)(c2nccn2C)C(F)(F)F)n1. The molecule has 0 fully saturated rings. The summed E-state index contributed by atoms with van der Waals surface area (Å²) in [5.41, 5.74) is -1.27. The van der Waals surface area contributed by atoms with Crippen molar-refractivity contribution >= 4 is 22.4 Å². The molecule has 0 saturated carbocycles. The molecule has 3 rings (SSSR count). The number of amides is 1. The van der Waals surface area contributed by atoms with E-state index in [1.165, 1.54) is 20.4 Å². The van der Waals surface area contributed by atoms with E-state index in [0.717, 1.165) is 27.7 Å².